The maximum Gasteiger partial charge on any atom is 0.232 e. The molecule has 1 heterocycles. The predicted molar refractivity (Wildman–Crippen MR) is 68.3 cm³/mol. The summed E-state index contributed by atoms with van der Waals surface area (Å²) in [5, 5.41) is 0.545. The van der Waals surface area contributed by atoms with E-state index in [1.54, 1.807) is 6.08 Å². The van der Waals surface area contributed by atoms with Crippen LogP contribution >= 0.6 is 11.6 Å². The Labute approximate surface area is 112 Å². The molecule has 5 nitrogen and oxygen atoms in total. The molecule has 2 rings (SSSR count). The Morgan fingerprint density at radius 2 is 2.33 bits per heavy atom. The molecule has 2 N–H and O–H groups in total. The van der Waals surface area contributed by atoms with Crippen LogP contribution in [0.4, 0.5) is 0 Å². The van der Waals surface area contributed by atoms with E-state index in [1.807, 2.05) is 6.08 Å². The fourth-order valence-electron chi connectivity index (χ4n) is 1.74. The van der Waals surface area contributed by atoms with Gasteiger partial charge in [-0.2, -0.15) is 4.72 Å². The molecule has 0 aromatic rings. The first-order chi connectivity index (χ1) is 8.68. The number of halogens is 1. The molecule has 1 unspecified atom stereocenters. The lowest BCUT2D eigenvalue weighted by Gasteiger charge is -2.24. The molecule has 1 aliphatic heterocycles. The van der Waals surface area contributed by atoms with Crippen LogP contribution in [0.15, 0.2) is 47.3 Å². The average molecular weight is 290 g/mol. The molecule has 0 saturated carbocycles. The van der Waals surface area contributed by atoms with Crippen LogP contribution in [0.3, 0.4) is 0 Å². The SMILES string of the molecule is O=S(O)N[C@H](C1=COC=CO1)C1=C(Cl)C=CCC1. The van der Waals surface area contributed by atoms with Crippen LogP contribution in [-0.4, -0.2) is 14.8 Å². The maximum atomic E-state index is 11.0. The molecule has 18 heavy (non-hydrogen) atoms. The van der Waals surface area contributed by atoms with E-state index in [4.69, 9.17) is 25.6 Å². The van der Waals surface area contributed by atoms with Gasteiger partial charge in [0.15, 0.2) is 5.76 Å². The summed E-state index contributed by atoms with van der Waals surface area (Å²) in [6.07, 6.45) is 9.34. The zero-order chi connectivity index (χ0) is 13.0. The lowest BCUT2D eigenvalue weighted by molar-refractivity contribution is 0.238. The van der Waals surface area contributed by atoms with Crippen molar-refractivity contribution in [3.63, 3.8) is 0 Å². The summed E-state index contributed by atoms with van der Waals surface area (Å²) in [7, 11) is 0. The third-order valence-electron chi connectivity index (χ3n) is 2.53. The zero-order valence-corrected chi connectivity index (χ0v) is 10.9. The second-order valence-electron chi connectivity index (χ2n) is 3.66. The molecule has 2 aliphatic rings. The van der Waals surface area contributed by atoms with Crippen molar-refractivity contribution >= 4 is 22.9 Å². The van der Waals surface area contributed by atoms with Gasteiger partial charge in [-0.3, -0.25) is 4.55 Å². The van der Waals surface area contributed by atoms with E-state index >= 15 is 0 Å². The summed E-state index contributed by atoms with van der Waals surface area (Å²) in [4.78, 5) is 0. The minimum Gasteiger partial charge on any atom is -0.466 e. The molecule has 0 aromatic carbocycles. The average Bonchev–Trinajstić information content (AvgIpc) is 2.38. The smallest absolute Gasteiger partial charge is 0.232 e. The summed E-state index contributed by atoms with van der Waals surface area (Å²) in [6, 6.07) is -0.585. The number of allylic oxidation sites excluding steroid dienone is 3. The third-order valence-corrected chi connectivity index (χ3v) is 3.33. The van der Waals surface area contributed by atoms with E-state index in [0.29, 0.717) is 17.2 Å². The topological polar surface area (TPSA) is 67.8 Å². The highest BCUT2D eigenvalue weighted by molar-refractivity contribution is 7.77. The van der Waals surface area contributed by atoms with Crippen molar-refractivity contribution in [2.24, 2.45) is 0 Å². The van der Waals surface area contributed by atoms with Crippen molar-refractivity contribution in [1.29, 1.82) is 0 Å². The monoisotopic (exact) mass is 289 g/mol. The Hall–Kier alpha value is -1.08. The van der Waals surface area contributed by atoms with E-state index in [1.165, 1.54) is 18.8 Å². The van der Waals surface area contributed by atoms with Crippen molar-refractivity contribution in [1.82, 2.24) is 4.72 Å². The first kappa shape index (κ1) is 13.4. The normalized spacial score (nSPS) is 22.0. The number of ether oxygens (including phenoxy) is 2. The van der Waals surface area contributed by atoms with Gasteiger partial charge in [0.25, 0.3) is 0 Å². The van der Waals surface area contributed by atoms with E-state index in [2.05, 4.69) is 4.72 Å². The Kier molecular flexibility index (Phi) is 4.60. The van der Waals surface area contributed by atoms with Gasteiger partial charge in [-0.05, 0) is 24.5 Å². The number of rotatable bonds is 4. The van der Waals surface area contributed by atoms with Gasteiger partial charge in [0.2, 0.25) is 11.3 Å². The van der Waals surface area contributed by atoms with E-state index < -0.39 is 17.3 Å². The highest BCUT2D eigenvalue weighted by Gasteiger charge is 2.26. The molecule has 0 spiro atoms. The molecule has 1 aliphatic carbocycles. The van der Waals surface area contributed by atoms with Crippen molar-refractivity contribution in [2.45, 2.75) is 18.9 Å². The van der Waals surface area contributed by atoms with Gasteiger partial charge < -0.3 is 9.47 Å². The molecule has 0 saturated heterocycles. The molecule has 0 bridgehead atoms. The van der Waals surface area contributed by atoms with Crippen LogP contribution in [0.1, 0.15) is 12.8 Å². The van der Waals surface area contributed by atoms with Crippen molar-refractivity contribution < 1.29 is 18.2 Å². The Morgan fingerprint density at radius 1 is 1.50 bits per heavy atom. The summed E-state index contributed by atoms with van der Waals surface area (Å²) in [5.41, 5.74) is 0.798. The van der Waals surface area contributed by atoms with Crippen LogP contribution in [0.25, 0.3) is 0 Å². The van der Waals surface area contributed by atoms with E-state index in [9.17, 15) is 4.21 Å². The summed E-state index contributed by atoms with van der Waals surface area (Å²) in [5.74, 6) is 0.392. The first-order valence-electron chi connectivity index (χ1n) is 5.28. The Morgan fingerprint density at radius 3 is 2.94 bits per heavy atom. The molecule has 0 aromatic heterocycles. The van der Waals surface area contributed by atoms with Crippen LogP contribution < -0.4 is 4.72 Å². The third kappa shape index (κ3) is 3.23. The Balaban J connectivity index is 2.27. The molecular formula is C11H12ClNO4S. The van der Waals surface area contributed by atoms with Gasteiger partial charge in [-0.25, -0.2) is 4.21 Å². The number of nitrogens with one attached hydrogen (secondary N) is 1. The van der Waals surface area contributed by atoms with Crippen LogP contribution in [0, 0.1) is 0 Å². The molecule has 98 valence electrons. The fourth-order valence-corrected chi connectivity index (χ4v) is 2.50. The lowest BCUT2D eigenvalue weighted by Crippen LogP contribution is -2.35. The number of hydrogen-bond donors (Lipinski definition) is 2. The lowest BCUT2D eigenvalue weighted by atomic mass is 9.97. The van der Waals surface area contributed by atoms with Crippen molar-refractivity contribution in [2.75, 3.05) is 0 Å². The van der Waals surface area contributed by atoms with Gasteiger partial charge in [0.05, 0.1) is 0 Å². The van der Waals surface area contributed by atoms with Crippen LogP contribution in [0.2, 0.25) is 0 Å². The molecule has 0 radical (unpaired) electrons. The van der Waals surface area contributed by atoms with E-state index in [-0.39, 0.29) is 0 Å². The van der Waals surface area contributed by atoms with Gasteiger partial charge in [-0.15, -0.1) is 0 Å². The fraction of sp³-hybridized carbons (Fsp3) is 0.273. The van der Waals surface area contributed by atoms with Crippen molar-refractivity contribution in [3.05, 3.63) is 47.3 Å². The van der Waals surface area contributed by atoms with Gasteiger partial charge >= 0.3 is 0 Å². The predicted octanol–water partition coefficient (Wildman–Crippen LogP) is 2.28. The van der Waals surface area contributed by atoms with Crippen molar-refractivity contribution in [3.8, 4) is 0 Å². The molecule has 0 amide bonds. The maximum absolute atomic E-state index is 11.0. The summed E-state index contributed by atoms with van der Waals surface area (Å²) < 4.78 is 32.7. The number of hydrogen-bond acceptors (Lipinski definition) is 3. The minimum atomic E-state index is -2.18. The molecule has 0 fully saturated rings. The van der Waals surface area contributed by atoms with Gasteiger partial charge in [0, 0.05) is 5.03 Å². The van der Waals surface area contributed by atoms with Crippen LogP contribution in [0.5, 0.6) is 0 Å². The van der Waals surface area contributed by atoms with Gasteiger partial charge in [-0.1, -0.05) is 17.7 Å². The largest absolute Gasteiger partial charge is 0.466 e. The minimum absolute atomic E-state index is 0.392. The summed E-state index contributed by atoms with van der Waals surface area (Å²) >= 11 is 3.93. The highest BCUT2D eigenvalue weighted by Crippen LogP contribution is 2.29. The second-order valence-corrected chi connectivity index (χ2v) is 4.80. The summed E-state index contributed by atoms with van der Waals surface area (Å²) in [6.45, 7) is 0. The van der Waals surface area contributed by atoms with Crippen LogP contribution in [-0.2, 0) is 20.7 Å². The standard InChI is InChI=1S/C11H12ClNO4S/c12-9-4-2-1-3-8(9)11(13-18(14)15)10-7-16-5-6-17-10/h2,4-7,11,13H,1,3H2,(H,14,15)/t11-/m0/s1. The van der Waals surface area contributed by atoms with E-state index in [0.717, 1.165) is 12.0 Å². The molecular weight excluding hydrogens is 278 g/mol. The quantitative estimate of drug-likeness (QED) is 0.779. The zero-order valence-electron chi connectivity index (χ0n) is 9.34. The first-order valence-corrected chi connectivity index (χ1v) is 6.76. The Bertz CT molecular complexity index is 470. The van der Waals surface area contributed by atoms with Gasteiger partial charge in [0.1, 0.15) is 24.8 Å². The molecule has 2 atom stereocenters. The molecule has 7 heteroatoms. The highest BCUT2D eigenvalue weighted by atomic mass is 35.5. The second kappa shape index (κ2) is 6.19.